The first-order valence-corrected chi connectivity index (χ1v) is 10.2. The van der Waals surface area contributed by atoms with Gasteiger partial charge in [0.25, 0.3) is 0 Å². The third-order valence-electron chi connectivity index (χ3n) is 6.55. The van der Waals surface area contributed by atoms with Crippen LogP contribution >= 0.6 is 0 Å². The normalized spacial score (nSPS) is 23.3. The van der Waals surface area contributed by atoms with Crippen LogP contribution in [0.15, 0.2) is 30.3 Å². The molecule has 0 spiro atoms. The molecule has 1 aromatic carbocycles. The highest BCUT2D eigenvalue weighted by Crippen LogP contribution is 2.43. The van der Waals surface area contributed by atoms with Gasteiger partial charge in [-0.2, -0.15) is 4.68 Å². The molecule has 2 fully saturated rings. The first kappa shape index (κ1) is 18.0. The molecule has 29 heavy (non-hydrogen) atoms. The number of aromatic hydroxyl groups is 1. The van der Waals surface area contributed by atoms with E-state index in [1.54, 1.807) is 10.7 Å². The predicted molar refractivity (Wildman–Crippen MR) is 109 cm³/mol. The Morgan fingerprint density at radius 3 is 2.41 bits per heavy atom. The van der Waals surface area contributed by atoms with E-state index in [1.165, 1.54) is 32.1 Å². The van der Waals surface area contributed by atoms with Gasteiger partial charge in [0.15, 0.2) is 11.6 Å². The molecule has 2 bridgehead atoms. The summed E-state index contributed by atoms with van der Waals surface area (Å²) in [5.74, 6) is 3.43. The van der Waals surface area contributed by atoms with Gasteiger partial charge >= 0.3 is 0 Å². The summed E-state index contributed by atoms with van der Waals surface area (Å²) in [4.78, 5) is 2.28. The number of phenols is 1. The van der Waals surface area contributed by atoms with Gasteiger partial charge in [-0.15, -0.1) is 15.3 Å². The lowest BCUT2D eigenvalue weighted by molar-refractivity contribution is 0.312. The molecular formula is C21H25N7O. The quantitative estimate of drug-likeness (QED) is 0.730. The average Bonchev–Trinajstić information content (AvgIpc) is 3.32. The van der Waals surface area contributed by atoms with Gasteiger partial charge in [0, 0.05) is 24.7 Å². The molecule has 8 heteroatoms. The van der Waals surface area contributed by atoms with Gasteiger partial charge in [-0.1, -0.05) is 12.8 Å². The van der Waals surface area contributed by atoms with Gasteiger partial charge < -0.3 is 10.0 Å². The van der Waals surface area contributed by atoms with Crippen molar-refractivity contribution in [2.75, 3.05) is 11.9 Å². The van der Waals surface area contributed by atoms with Crippen molar-refractivity contribution in [1.82, 2.24) is 30.4 Å². The van der Waals surface area contributed by atoms with Crippen LogP contribution in [0.3, 0.4) is 0 Å². The van der Waals surface area contributed by atoms with Crippen molar-refractivity contribution in [3.63, 3.8) is 0 Å². The summed E-state index contributed by atoms with van der Waals surface area (Å²) in [6.07, 6.45) is 6.71. The number of rotatable bonds is 4. The van der Waals surface area contributed by atoms with E-state index in [4.69, 9.17) is 0 Å². The third kappa shape index (κ3) is 3.32. The van der Waals surface area contributed by atoms with Crippen LogP contribution in [-0.2, 0) is 0 Å². The van der Waals surface area contributed by atoms with Crippen LogP contribution in [0, 0.1) is 18.8 Å². The van der Waals surface area contributed by atoms with E-state index in [0.29, 0.717) is 28.8 Å². The van der Waals surface area contributed by atoms with E-state index in [2.05, 4.69) is 37.7 Å². The highest BCUT2D eigenvalue weighted by Gasteiger charge is 2.36. The van der Waals surface area contributed by atoms with Crippen LogP contribution in [-0.4, -0.2) is 48.6 Å². The van der Waals surface area contributed by atoms with Crippen molar-refractivity contribution in [1.29, 1.82) is 0 Å². The summed E-state index contributed by atoms with van der Waals surface area (Å²) in [5.41, 5.74) is 1.98. The molecule has 8 nitrogen and oxygen atoms in total. The summed E-state index contributed by atoms with van der Waals surface area (Å²) in [6.45, 7) is 1.81. The summed E-state index contributed by atoms with van der Waals surface area (Å²) >= 11 is 0. The topological polar surface area (TPSA) is 92.9 Å². The van der Waals surface area contributed by atoms with Crippen LogP contribution in [0.5, 0.6) is 5.75 Å². The molecule has 1 N–H and O–H groups in total. The Bertz CT molecular complexity index is 1000. The number of hydrogen-bond acceptors (Lipinski definition) is 7. The number of anilines is 1. The number of hydrogen-bond donors (Lipinski definition) is 1. The van der Waals surface area contributed by atoms with Gasteiger partial charge in [0.2, 0.25) is 0 Å². The van der Waals surface area contributed by atoms with Crippen molar-refractivity contribution in [3.8, 4) is 22.7 Å². The number of aryl methyl sites for hydroxylation is 1. The Morgan fingerprint density at radius 2 is 1.79 bits per heavy atom. The van der Waals surface area contributed by atoms with Crippen LogP contribution in [0.25, 0.3) is 16.9 Å². The van der Waals surface area contributed by atoms with E-state index in [9.17, 15) is 5.11 Å². The molecule has 2 aliphatic carbocycles. The second kappa shape index (κ2) is 7.09. The van der Waals surface area contributed by atoms with E-state index in [0.717, 1.165) is 17.7 Å². The molecule has 0 saturated heterocycles. The number of benzene rings is 1. The molecule has 2 heterocycles. The summed E-state index contributed by atoms with van der Waals surface area (Å²) < 4.78 is 1.57. The maximum Gasteiger partial charge on any atom is 0.153 e. The van der Waals surface area contributed by atoms with Crippen molar-refractivity contribution in [3.05, 3.63) is 36.2 Å². The Balaban J connectivity index is 1.35. The number of fused-ring (bicyclic) bond motifs is 2. The standard InChI is InChI=1S/C21H25N7O/c1-13-22-25-26-28(13)16-5-6-18(20(29)12-16)19-7-8-21(24-23-19)27(2)17-10-14-3-4-15(9-14)11-17/h5-8,12,14-15,17,29H,3-4,9-11H2,1-2H3/t14-,15+,17+. The SMILES string of the molecule is Cc1nnnn1-c1ccc(-c2ccc(N(C)[C@H]3C[C@@H]4CC[C@@H](C4)C3)nn2)c(O)c1. The monoisotopic (exact) mass is 391 g/mol. The van der Waals surface area contributed by atoms with Crippen molar-refractivity contribution in [2.24, 2.45) is 11.8 Å². The molecule has 0 unspecified atom stereocenters. The van der Waals surface area contributed by atoms with Crippen molar-refractivity contribution in [2.45, 2.75) is 45.1 Å². The van der Waals surface area contributed by atoms with Crippen molar-refractivity contribution < 1.29 is 5.11 Å². The minimum absolute atomic E-state index is 0.122. The highest BCUT2D eigenvalue weighted by molar-refractivity contribution is 5.69. The fourth-order valence-electron chi connectivity index (χ4n) is 4.97. The fraction of sp³-hybridized carbons (Fsp3) is 0.476. The third-order valence-corrected chi connectivity index (χ3v) is 6.55. The van der Waals surface area contributed by atoms with Gasteiger partial charge in [-0.3, -0.25) is 0 Å². The highest BCUT2D eigenvalue weighted by atomic mass is 16.3. The zero-order valence-corrected chi connectivity index (χ0v) is 16.7. The van der Waals surface area contributed by atoms with E-state index in [-0.39, 0.29) is 5.75 Å². The predicted octanol–water partition coefficient (Wildman–Crippen LogP) is 3.15. The zero-order valence-electron chi connectivity index (χ0n) is 16.7. The average molecular weight is 391 g/mol. The van der Waals surface area contributed by atoms with E-state index < -0.39 is 0 Å². The molecule has 150 valence electrons. The van der Waals surface area contributed by atoms with Crippen LogP contribution < -0.4 is 4.90 Å². The molecule has 5 rings (SSSR count). The molecule has 2 aliphatic rings. The van der Waals surface area contributed by atoms with Crippen LogP contribution in [0.2, 0.25) is 0 Å². The molecule has 0 aliphatic heterocycles. The second-order valence-corrected chi connectivity index (χ2v) is 8.40. The smallest absolute Gasteiger partial charge is 0.153 e. The molecular weight excluding hydrogens is 366 g/mol. The zero-order chi connectivity index (χ0) is 20.0. The summed E-state index contributed by atoms with van der Waals surface area (Å²) in [6, 6.07) is 9.78. The Labute approximate surface area is 169 Å². The second-order valence-electron chi connectivity index (χ2n) is 8.40. The Kier molecular flexibility index (Phi) is 4.41. The maximum absolute atomic E-state index is 10.5. The molecule has 2 saturated carbocycles. The number of phenolic OH excluding ortho intramolecular Hbond substituents is 1. The number of aromatic nitrogens is 6. The lowest BCUT2D eigenvalue weighted by Crippen LogP contribution is -2.37. The fourth-order valence-corrected chi connectivity index (χ4v) is 4.97. The lowest BCUT2D eigenvalue weighted by Gasteiger charge is -2.35. The number of tetrazole rings is 1. The minimum Gasteiger partial charge on any atom is -0.507 e. The van der Waals surface area contributed by atoms with E-state index >= 15 is 0 Å². The van der Waals surface area contributed by atoms with Crippen LogP contribution in [0.4, 0.5) is 5.82 Å². The van der Waals surface area contributed by atoms with Gasteiger partial charge in [0.1, 0.15) is 5.75 Å². The summed E-state index contributed by atoms with van der Waals surface area (Å²) in [7, 11) is 2.12. The Hall–Kier alpha value is -3.03. The first-order valence-electron chi connectivity index (χ1n) is 10.2. The van der Waals surface area contributed by atoms with Crippen LogP contribution in [0.1, 0.15) is 37.9 Å². The Morgan fingerprint density at radius 1 is 1.00 bits per heavy atom. The molecule has 3 atom stereocenters. The molecule has 0 radical (unpaired) electrons. The molecule has 3 aromatic rings. The molecule has 0 amide bonds. The van der Waals surface area contributed by atoms with Gasteiger partial charge in [-0.25, -0.2) is 0 Å². The minimum atomic E-state index is 0.122. The number of nitrogens with zero attached hydrogens (tertiary/aromatic N) is 7. The largest absolute Gasteiger partial charge is 0.507 e. The van der Waals surface area contributed by atoms with E-state index in [1.807, 2.05) is 31.2 Å². The van der Waals surface area contributed by atoms with Gasteiger partial charge in [0.05, 0.1) is 11.4 Å². The van der Waals surface area contributed by atoms with Gasteiger partial charge in [-0.05, 0) is 72.7 Å². The molecule has 2 aromatic heterocycles. The summed E-state index contributed by atoms with van der Waals surface area (Å²) in [5, 5.41) is 30.8. The lowest BCUT2D eigenvalue weighted by atomic mass is 9.85. The maximum atomic E-state index is 10.5. The first-order chi connectivity index (χ1) is 14.1. The van der Waals surface area contributed by atoms with Crippen molar-refractivity contribution >= 4 is 5.82 Å².